The van der Waals surface area contributed by atoms with Crippen molar-refractivity contribution in [1.82, 2.24) is 10.4 Å². The molecule has 1 saturated heterocycles. The number of rotatable bonds is 2. The molecule has 1 amide bonds. The van der Waals surface area contributed by atoms with Crippen molar-refractivity contribution in [2.75, 3.05) is 0 Å². The first-order valence-corrected chi connectivity index (χ1v) is 7.10. The number of hydroxylamine groups is 2. The Morgan fingerprint density at radius 2 is 1.58 bits per heavy atom. The number of carbonyl (C=O) groups is 1. The number of piperidine rings is 1. The summed E-state index contributed by atoms with van der Waals surface area (Å²) in [4.78, 5) is 12.0. The molecule has 0 aromatic rings. The van der Waals surface area contributed by atoms with Gasteiger partial charge in [0.2, 0.25) is 5.91 Å². The van der Waals surface area contributed by atoms with E-state index in [0.29, 0.717) is 19.3 Å². The molecule has 0 spiro atoms. The highest BCUT2D eigenvalue weighted by molar-refractivity contribution is 5.76. The van der Waals surface area contributed by atoms with Crippen LogP contribution in [0.2, 0.25) is 0 Å². The van der Waals surface area contributed by atoms with Crippen LogP contribution in [0.3, 0.4) is 0 Å². The predicted octanol–water partition coefficient (Wildman–Crippen LogP) is 2.91. The lowest BCUT2D eigenvalue weighted by atomic mass is 9.79. The molecule has 0 aliphatic carbocycles. The molecule has 0 atom stereocenters. The molecule has 1 N–H and O–H groups in total. The van der Waals surface area contributed by atoms with Gasteiger partial charge in [0, 0.05) is 23.5 Å². The van der Waals surface area contributed by atoms with E-state index in [9.17, 15) is 10.0 Å². The fourth-order valence-electron chi connectivity index (χ4n) is 3.13. The number of hydrogen-bond donors (Lipinski definition) is 1. The van der Waals surface area contributed by atoms with Crippen molar-refractivity contribution >= 4 is 5.91 Å². The van der Waals surface area contributed by atoms with Crippen LogP contribution in [-0.2, 0) is 10.0 Å². The maximum Gasteiger partial charge on any atom is 0.220 e. The van der Waals surface area contributed by atoms with Gasteiger partial charge in [0.25, 0.3) is 0 Å². The highest BCUT2D eigenvalue weighted by atomic mass is 16.5. The summed E-state index contributed by atoms with van der Waals surface area (Å²) in [6.45, 7) is 14.0. The molecular weight excluding hydrogens is 240 g/mol. The summed E-state index contributed by atoms with van der Waals surface area (Å²) in [7, 11) is 0. The maximum absolute atomic E-state index is 12.2. The van der Waals surface area contributed by atoms with E-state index in [4.69, 9.17) is 0 Å². The largest absolute Gasteiger partial charge is 0.353 e. The summed E-state index contributed by atoms with van der Waals surface area (Å²) in [5, 5.41) is 16.5. The van der Waals surface area contributed by atoms with Crippen LogP contribution < -0.4 is 5.32 Å². The molecule has 0 unspecified atom stereocenters. The van der Waals surface area contributed by atoms with E-state index in [0.717, 1.165) is 0 Å². The zero-order valence-electron chi connectivity index (χ0n) is 13.5. The lowest BCUT2D eigenvalue weighted by Gasteiger charge is -2.50. The second-order valence-corrected chi connectivity index (χ2v) is 8.33. The van der Waals surface area contributed by atoms with Gasteiger partial charge in [-0.1, -0.05) is 20.8 Å². The van der Waals surface area contributed by atoms with Gasteiger partial charge in [-0.25, -0.2) is 0 Å². The monoisotopic (exact) mass is 269 g/mol. The number of nitrogens with zero attached hydrogens (tertiary/aromatic N) is 1. The van der Waals surface area contributed by atoms with E-state index in [1.54, 1.807) is 0 Å². The van der Waals surface area contributed by atoms with Crippen LogP contribution in [0.4, 0.5) is 0 Å². The van der Waals surface area contributed by atoms with Crippen molar-refractivity contribution in [1.29, 1.82) is 0 Å². The van der Waals surface area contributed by atoms with Gasteiger partial charge in [-0.15, -0.1) is 10.3 Å². The van der Waals surface area contributed by atoms with E-state index >= 15 is 0 Å². The van der Waals surface area contributed by atoms with Crippen LogP contribution in [0.15, 0.2) is 0 Å². The Morgan fingerprint density at radius 3 is 1.95 bits per heavy atom. The summed E-state index contributed by atoms with van der Waals surface area (Å²) < 4.78 is 0. The quantitative estimate of drug-likeness (QED) is 0.838. The Balaban J connectivity index is 2.68. The molecule has 1 aliphatic heterocycles. The Labute approximate surface area is 117 Å². The van der Waals surface area contributed by atoms with Crippen molar-refractivity contribution in [2.24, 2.45) is 5.41 Å². The highest BCUT2D eigenvalue weighted by Gasteiger charge is 2.46. The second-order valence-electron chi connectivity index (χ2n) is 8.33. The molecule has 111 valence electrons. The lowest BCUT2D eigenvalue weighted by molar-refractivity contribution is -0.290. The normalized spacial score (nSPS) is 24.2. The molecule has 0 aromatic carbocycles. The Kier molecular flexibility index (Phi) is 4.38. The number of hydrogen-bond acceptors (Lipinski definition) is 2. The third-order valence-corrected chi connectivity index (χ3v) is 3.65. The molecular formula is C15H29N2O2. The van der Waals surface area contributed by atoms with Gasteiger partial charge in [-0.2, -0.15) is 0 Å². The minimum atomic E-state index is -0.429. The Bertz CT molecular complexity index is 325. The smallest absolute Gasteiger partial charge is 0.220 e. The fraction of sp³-hybridized carbons (Fsp3) is 0.933. The minimum Gasteiger partial charge on any atom is -0.353 e. The average molecular weight is 269 g/mol. The van der Waals surface area contributed by atoms with Crippen molar-refractivity contribution in [3.8, 4) is 0 Å². The van der Waals surface area contributed by atoms with Crippen molar-refractivity contribution in [3.63, 3.8) is 0 Å². The van der Waals surface area contributed by atoms with Crippen molar-refractivity contribution in [2.45, 2.75) is 84.8 Å². The predicted molar refractivity (Wildman–Crippen MR) is 75.9 cm³/mol. The second kappa shape index (κ2) is 5.06. The Morgan fingerprint density at radius 1 is 1.16 bits per heavy atom. The van der Waals surface area contributed by atoms with E-state index in [-0.39, 0.29) is 17.4 Å². The first kappa shape index (κ1) is 16.4. The van der Waals surface area contributed by atoms with Crippen LogP contribution >= 0.6 is 0 Å². The first-order valence-electron chi connectivity index (χ1n) is 7.10. The van der Waals surface area contributed by atoms with Crippen molar-refractivity contribution < 1.29 is 10.0 Å². The van der Waals surface area contributed by atoms with Gasteiger partial charge in [0.1, 0.15) is 0 Å². The fourth-order valence-corrected chi connectivity index (χ4v) is 3.13. The SMILES string of the molecule is CC(C)(C)CC(=O)NC1CC(C)(C)N([O])C(C)(C)C1. The van der Waals surface area contributed by atoms with Gasteiger partial charge in [-0.05, 0) is 46.0 Å². The van der Waals surface area contributed by atoms with Gasteiger partial charge in [0.05, 0.1) is 0 Å². The highest BCUT2D eigenvalue weighted by Crippen LogP contribution is 2.37. The van der Waals surface area contributed by atoms with E-state index in [1.807, 2.05) is 27.7 Å². The maximum atomic E-state index is 12.2. The van der Waals surface area contributed by atoms with Crippen LogP contribution in [-0.4, -0.2) is 28.1 Å². The molecule has 1 radical (unpaired) electrons. The third kappa shape index (κ3) is 4.46. The summed E-state index contributed by atoms with van der Waals surface area (Å²) >= 11 is 0. The van der Waals surface area contributed by atoms with E-state index in [1.165, 1.54) is 5.06 Å². The van der Waals surface area contributed by atoms with Gasteiger partial charge in [-0.3, -0.25) is 4.79 Å². The molecule has 0 saturated carbocycles. The topological polar surface area (TPSA) is 52.2 Å². The zero-order valence-corrected chi connectivity index (χ0v) is 13.5. The van der Waals surface area contributed by atoms with Crippen molar-refractivity contribution in [3.05, 3.63) is 0 Å². The molecule has 4 heteroatoms. The van der Waals surface area contributed by atoms with Crippen LogP contribution in [0.5, 0.6) is 0 Å². The van der Waals surface area contributed by atoms with Gasteiger partial charge >= 0.3 is 0 Å². The zero-order chi connectivity index (χ0) is 15.1. The average Bonchev–Trinajstić information content (AvgIpc) is 2.09. The molecule has 1 rings (SSSR count). The first-order chi connectivity index (χ1) is 8.33. The number of carbonyl (C=O) groups excluding carboxylic acids is 1. The molecule has 1 aliphatic rings. The molecule has 4 nitrogen and oxygen atoms in total. The third-order valence-electron chi connectivity index (χ3n) is 3.65. The summed E-state index contributed by atoms with van der Waals surface area (Å²) in [6, 6.07) is 0.0880. The Hall–Kier alpha value is -0.610. The number of nitrogens with one attached hydrogen (secondary N) is 1. The summed E-state index contributed by atoms with van der Waals surface area (Å²) in [6.07, 6.45) is 1.93. The lowest BCUT2D eigenvalue weighted by Crippen LogP contribution is -2.62. The summed E-state index contributed by atoms with van der Waals surface area (Å²) in [5.41, 5.74) is -0.864. The minimum absolute atomic E-state index is 0.00560. The van der Waals surface area contributed by atoms with E-state index < -0.39 is 11.1 Å². The van der Waals surface area contributed by atoms with E-state index in [2.05, 4.69) is 26.1 Å². The molecule has 1 heterocycles. The standard InChI is InChI=1S/C15H29N2O2/c1-13(2,3)10-12(18)16-11-8-14(4,5)17(19)15(6,7)9-11/h11H,8-10H2,1-7H3,(H,16,18). The van der Waals surface area contributed by atoms with Gasteiger partial charge < -0.3 is 5.32 Å². The van der Waals surface area contributed by atoms with Crippen LogP contribution in [0.1, 0.15) is 67.7 Å². The van der Waals surface area contributed by atoms with Gasteiger partial charge in [0.15, 0.2) is 0 Å². The molecule has 0 aromatic heterocycles. The summed E-state index contributed by atoms with van der Waals surface area (Å²) in [5.74, 6) is 0.0865. The number of amides is 1. The molecule has 0 bridgehead atoms. The van der Waals surface area contributed by atoms with Crippen LogP contribution in [0, 0.1) is 5.41 Å². The molecule has 1 fully saturated rings. The van der Waals surface area contributed by atoms with Crippen LogP contribution in [0.25, 0.3) is 0 Å². The molecule has 19 heavy (non-hydrogen) atoms.